The normalized spacial score (nSPS) is 17.6. The standard InChI is InChI=1S/C26H35N7O8/c27-17(9-15-5-2-1-3-6-15)22(36)30-18(10-16-11-28-14-29-16)25(39)33-8-4-7-21(33)24(38)31-19(12-34)23(37)32-20(13-35)26(40)41/h1-3,5-6,11,14,17-21,34-35H,4,7-10,12-13,27H2,(H,28,29)(H,30,36)(H,31,38)(H,32,37)(H,40,41)/t17-,18-,19-,20-,21-/m0/s1. The van der Waals surface area contributed by atoms with Gasteiger partial charge in [0.05, 0.1) is 25.6 Å². The summed E-state index contributed by atoms with van der Waals surface area (Å²) in [6.45, 7) is -1.55. The van der Waals surface area contributed by atoms with Crippen molar-refractivity contribution in [2.45, 2.75) is 55.9 Å². The van der Waals surface area contributed by atoms with Gasteiger partial charge < -0.3 is 46.9 Å². The molecule has 0 spiro atoms. The molecule has 0 aliphatic carbocycles. The van der Waals surface area contributed by atoms with Gasteiger partial charge in [0, 0.05) is 24.9 Å². The average Bonchev–Trinajstić information content (AvgIpc) is 3.66. The topological polar surface area (TPSA) is 240 Å². The molecule has 0 saturated carbocycles. The van der Waals surface area contributed by atoms with Crippen LogP contribution in [0.1, 0.15) is 24.1 Å². The SMILES string of the molecule is N[C@@H](Cc1ccccc1)C(=O)N[C@@H](Cc1cnc[nH]1)C(=O)N1CCC[C@H]1C(=O)N[C@@H](CO)C(=O)N[C@@H](CO)C(=O)O. The molecule has 1 aromatic heterocycles. The summed E-state index contributed by atoms with van der Waals surface area (Å²) in [5, 5.41) is 34.9. The van der Waals surface area contributed by atoms with Crippen LogP contribution >= 0.6 is 0 Å². The van der Waals surface area contributed by atoms with E-state index in [4.69, 9.17) is 15.9 Å². The molecule has 1 aromatic carbocycles. The summed E-state index contributed by atoms with van der Waals surface area (Å²) in [6, 6.07) is 2.96. The Morgan fingerprint density at radius 1 is 0.976 bits per heavy atom. The minimum atomic E-state index is -1.63. The van der Waals surface area contributed by atoms with Crippen LogP contribution in [0.4, 0.5) is 0 Å². The van der Waals surface area contributed by atoms with Crippen molar-refractivity contribution in [1.29, 1.82) is 0 Å². The highest BCUT2D eigenvalue weighted by atomic mass is 16.4. The van der Waals surface area contributed by atoms with Crippen LogP contribution in [0.5, 0.6) is 0 Å². The lowest BCUT2D eigenvalue weighted by Crippen LogP contribution is -2.59. The van der Waals surface area contributed by atoms with Gasteiger partial charge in [0.15, 0.2) is 0 Å². The third-order valence-corrected chi connectivity index (χ3v) is 6.68. The molecule has 2 aromatic rings. The van der Waals surface area contributed by atoms with Crippen LogP contribution in [0.15, 0.2) is 42.9 Å². The number of amides is 4. The molecule has 0 radical (unpaired) electrons. The van der Waals surface area contributed by atoms with E-state index in [0.717, 1.165) is 5.56 Å². The summed E-state index contributed by atoms with van der Waals surface area (Å²) in [5.74, 6) is -4.36. The van der Waals surface area contributed by atoms with Gasteiger partial charge in [-0.2, -0.15) is 0 Å². The van der Waals surface area contributed by atoms with Gasteiger partial charge in [-0.3, -0.25) is 19.2 Å². The number of aliphatic hydroxyl groups is 2. The Labute approximate surface area is 235 Å². The second kappa shape index (κ2) is 14.9. The molecule has 0 bridgehead atoms. The smallest absolute Gasteiger partial charge is 0.328 e. The van der Waals surface area contributed by atoms with E-state index in [1.165, 1.54) is 17.4 Å². The number of aromatic amines is 1. The predicted molar refractivity (Wildman–Crippen MR) is 143 cm³/mol. The lowest BCUT2D eigenvalue weighted by atomic mass is 10.0. The maximum absolute atomic E-state index is 13.7. The van der Waals surface area contributed by atoms with Crippen LogP contribution in [0.3, 0.4) is 0 Å². The molecule has 5 atom stereocenters. The van der Waals surface area contributed by atoms with Crippen molar-refractivity contribution in [3.8, 4) is 0 Å². The van der Waals surface area contributed by atoms with Crippen LogP contribution in [-0.4, -0.2) is 110 Å². The minimum Gasteiger partial charge on any atom is -0.480 e. The van der Waals surface area contributed by atoms with Crippen molar-refractivity contribution in [3.63, 3.8) is 0 Å². The van der Waals surface area contributed by atoms with Crippen molar-refractivity contribution in [1.82, 2.24) is 30.8 Å². The van der Waals surface area contributed by atoms with Crippen LogP contribution in [-0.2, 0) is 36.8 Å². The number of aliphatic carboxylic acids is 1. The Hall–Kier alpha value is -4.34. The van der Waals surface area contributed by atoms with E-state index in [1.807, 2.05) is 35.6 Å². The summed E-state index contributed by atoms with van der Waals surface area (Å²) in [7, 11) is 0. The van der Waals surface area contributed by atoms with Crippen molar-refractivity contribution >= 4 is 29.6 Å². The van der Waals surface area contributed by atoms with Crippen LogP contribution < -0.4 is 21.7 Å². The molecule has 4 amide bonds. The predicted octanol–water partition coefficient (Wildman–Crippen LogP) is -2.96. The number of nitrogens with zero attached hydrogens (tertiary/aromatic N) is 2. The lowest BCUT2D eigenvalue weighted by molar-refractivity contribution is -0.144. The number of rotatable bonds is 14. The number of benzene rings is 1. The fraction of sp³-hybridized carbons (Fsp3) is 0.462. The number of carbonyl (C=O) groups excluding carboxylic acids is 4. The van der Waals surface area contributed by atoms with Gasteiger partial charge in [-0.1, -0.05) is 30.3 Å². The van der Waals surface area contributed by atoms with E-state index >= 15 is 0 Å². The van der Waals surface area contributed by atoms with E-state index in [2.05, 4.69) is 20.6 Å². The Bertz CT molecular complexity index is 1190. The van der Waals surface area contributed by atoms with Gasteiger partial charge in [-0.05, 0) is 24.8 Å². The van der Waals surface area contributed by atoms with Crippen LogP contribution in [0.2, 0.25) is 0 Å². The Balaban J connectivity index is 1.71. The molecule has 2 heterocycles. The summed E-state index contributed by atoms with van der Waals surface area (Å²) in [6.07, 6.45) is 3.94. The number of carboxylic acids is 1. The number of hydrogen-bond donors (Lipinski definition) is 8. The fourth-order valence-electron chi connectivity index (χ4n) is 4.48. The zero-order chi connectivity index (χ0) is 29.9. The zero-order valence-corrected chi connectivity index (χ0v) is 22.2. The van der Waals surface area contributed by atoms with E-state index < -0.39 is 73.0 Å². The third-order valence-electron chi connectivity index (χ3n) is 6.68. The molecule has 1 saturated heterocycles. The number of aliphatic hydroxyl groups excluding tert-OH is 2. The summed E-state index contributed by atoms with van der Waals surface area (Å²) in [4.78, 5) is 71.4. The number of H-pyrrole nitrogens is 1. The maximum atomic E-state index is 13.7. The highest BCUT2D eigenvalue weighted by molar-refractivity contribution is 5.96. The minimum absolute atomic E-state index is 0.0485. The lowest BCUT2D eigenvalue weighted by Gasteiger charge is -2.30. The highest BCUT2D eigenvalue weighted by Gasteiger charge is 2.39. The summed E-state index contributed by atoms with van der Waals surface area (Å²) < 4.78 is 0. The first-order valence-corrected chi connectivity index (χ1v) is 13.1. The van der Waals surface area contributed by atoms with Crippen LogP contribution in [0, 0.1) is 0 Å². The van der Waals surface area contributed by atoms with E-state index in [0.29, 0.717) is 12.1 Å². The molecule has 1 fully saturated rings. The average molecular weight is 574 g/mol. The van der Waals surface area contributed by atoms with Crippen molar-refractivity contribution < 1.29 is 39.3 Å². The summed E-state index contributed by atoms with van der Waals surface area (Å²) >= 11 is 0. The van der Waals surface area contributed by atoms with Gasteiger partial charge in [0.1, 0.15) is 24.2 Å². The first kappa shape index (κ1) is 31.2. The molecule has 1 aliphatic heterocycles. The second-order valence-electron chi connectivity index (χ2n) is 9.65. The molecule has 3 rings (SSSR count). The Morgan fingerprint density at radius 3 is 2.27 bits per heavy atom. The number of aromatic nitrogens is 2. The van der Waals surface area contributed by atoms with Crippen LogP contribution in [0.25, 0.3) is 0 Å². The van der Waals surface area contributed by atoms with Gasteiger partial charge in [-0.15, -0.1) is 0 Å². The van der Waals surface area contributed by atoms with Gasteiger partial charge in [0.25, 0.3) is 0 Å². The van der Waals surface area contributed by atoms with E-state index in [-0.39, 0.29) is 25.8 Å². The Morgan fingerprint density at radius 2 is 1.66 bits per heavy atom. The van der Waals surface area contributed by atoms with Gasteiger partial charge in [0.2, 0.25) is 23.6 Å². The fourth-order valence-corrected chi connectivity index (χ4v) is 4.48. The third kappa shape index (κ3) is 8.57. The Kier molecular flexibility index (Phi) is 11.3. The molecular weight excluding hydrogens is 538 g/mol. The monoisotopic (exact) mass is 573 g/mol. The number of imidazole rings is 1. The molecule has 15 nitrogen and oxygen atoms in total. The number of likely N-dealkylation sites (tertiary alicyclic amines) is 1. The second-order valence-corrected chi connectivity index (χ2v) is 9.65. The van der Waals surface area contributed by atoms with Crippen molar-refractivity contribution in [3.05, 3.63) is 54.1 Å². The highest BCUT2D eigenvalue weighted by Crippen LogP contribution is 2.20. The molecular formula is C26H35N7O8. The largest absolute Gasteiger partial charge is 0.480 e. The number of nitrogens with one attached hydrogen (secondary N) is 4. The molecule has 222 valence electrons. The molecule has 0 unspecified atom stereocenters. The molecule has 41 heavy (non-hydrogen) atoms. The molecule has 1 aliphatic rings. The zero-order valence-electron chi connectivity index (χ0n) is 22.2. The number of carboxylic acid groups (broad SMARTS) is 1. The summed E-state index contributed by atoms with van der Waals surface area (Å²) in [5.41, 5.74) is 7.54. The van der Waals surface area contributed by atoms with Crippen molar-refractivity contribution in [2.75, 3.05) is 19.8 Å². The van der Waals surface area contributed by atoms with Crippen molar-refractivity contribution in [2.24, 2.45) is 5.73 Å². The van der Waals surface area contributed by atoms with E-state index in [9.17, 15) is 29.1 Å². The first-order chi connectivity index (χ1) is 19.6. The maximum Gasteiger partial charge on any atom is 0.328 e. The number of hydrogen-bond acceptors (Lipinski definition) is 9. The number of carbonyl (C=O) groups is 5. The van der Waals surface area contributed by atoms with E-state index in [1.54, 1.807) is 0 Å². The molecule has 15 heteroatoms. The number of nitrogens with two attached hydrogens (primary N) is 1. The molecule has 9 N–H and O–H groups in total. The quantitative estimate of drug-likeness (QED) is 0.114. The first-order valence-electron chi connectivity index (χ1n) is 13.1. The van der Waals surface area contributed by atoms with Gasteiger partial charge >= 0.3 is 5.97 Å². The van der Waals surface area contributed by atoms with Gasteiger partial charge in [-0.25, -0.2) is 9.78 Å².